The van der Waals surface area contributed by atoms with Gasteiger partial charge in [-0.2, -0.15) is 0 Å². The fourth-order valence-electron chi connectivity index (χ4n) is 8.25. The predicted molar refractivity (Wildman–Crippen MR) is 119 cm³/mol. The topological polar surface area (TPSA) is 20.2 Å². The molecular formula is C27H44O. The highest BCUT2D eigenvalue weighted by molar-refractivity contribution is 5.34. The Labute approximate surface area is 174 Å². The molecule has 7 unspecified atom stereocenters. The average Bonchev–Trinajstić information content (AvgIpc) is 2.99. The van der Waals surface area contributed by atoms with Crippen LogP contribution in [0, 0.1) is 34.5 Å². The summed E-state index contributed by atoms with van der Waals surface area (Å²) in [4.78, 5) is 0. The fourth-order valence-corrected chi connectivity index (χ4v) is 8.25. The first-order valence-corrected chi connectivity index (χ1v) is 12.3. The van der Waals surface area contributed by atoms with Gasteiger partial charge in [0.25, 0.3) is 0 Å². The minimum absolute atomic E-state index is 0.0356. The molecule has 0 amide bonds. The molecular weight excluding hydrogens is 340 g/mol. The molecule has 1 heteroatoms. The lowest BCUT2D eigenvalue weighted by molar-refractivity contribution is 0.0133. The monoisotopic (exact) mass is 384 g/mol. The summed E-state index contributed by atoms with van der Waals surface area (Å²) in [7, 11) is 0. The van der Waals surface area contributed by atoms with Gasteiger partial charge in [-0.15, -0.1) is 0 Å². The van der Waals surface area contributed by atoms with Gasteiger partial charge in [0.15, 0.2) is 0 Å². The number of rotatable bonds is 4. The van der Waals surface area contributed by atoms with E-state index in [-0.39, 0.29) is 6.10 Å². The van der Waals surface area contributed by atoms with Crippen molar-refractivity contribution in [2.75, 3.05) is 0 Å². The first kappa shape index (κ1) is 20.7. The molecule has 7 atom stereocenters. The van der Waals surface area contributed by atoms with E-state index in [9.17, 15) is 5.11 Å². The predicted octanol–water partition coefficient (Wildman–Crippen LogP) is 7.45. The molecule has 0 radical (unpaired) electrons. The number of aliphatic hydroxyl groups excluding tert-OH is 1. The summed E-state index contributed by atoms with van der Waals surface area (Å²) in [5, 5.41) is 10.2. The minimum atomic E-state index is -0.0356. The normalized spacial score (nSPS) is 43.8. The van der Waals surface area contributed by atoms with Gasteiger partial charge in [0.05, 0.1) is 6.10 Å². The van der Waals surface area contributed by atoms with E-state index in [1.165, 1.54) is 63.4 Å². The van der Waals surface area contributed by atoms with Crippen LogP contribution in [-0.4, -0.2) is 11.2 Å². The van der Waals surface area contributed by atoms with Crippen LogP contribution in [0.5, 0.6) is 0 Å². The Morgan fingerprint density at radius 3 is 2.64 bits per heavy atom. The highest BCUT2D eigenvalue weighted by atomic mass is 16.3. The first-order valence-electron chi connectivity index (χ1n) is 12.3. The number of hydrogen-bond donors (Lipinski definition) is 1. The Morgan fingerprint density at radius 1 is 1.11 bits per heavy atom. The van der Waals surface area contributed by atoms with E-state index in [0.29, 0.717) is 10.8 Å². The molecule has 4 rings (SSSR count). The van der Waals surface area contributed by atoms with E-state index in [1.54, 1.807) is 0 Å². The molecule has 2 saturated carbocycles. The Morgan fingerprint density at radius 2 is 1.89 bits per heavy atom. The van der Waals surface area contributed by atoms with E-state index in [1.807, 2.05) is 11.1 Å². The molecule has 0 aliphatic heterocycles. The number of allylic oxidation sites excluding steroid dienone is 4. The molecule has 0 aromatic heterocycles. The largest absolute Gasteiger partial charge is 0.393 e. The van der Waals surface area contributed by atoms with Gasteiger partial charge < -0.3 is 5.11 Å². The van der Waals surface area contributed by atoms with Crippen LogP contribution in [0.15, 0.2) is 22.8 Å². The van der Waals surface area contributed by atoms with E-state index in [2.05, 4.69) is 40.7 Å². The van der Waals surface area contributed by atoms with Crippen molar-refractivity contribution in [1.82, 2.24) is 0 Å². The zero-order valence-electron chi connectivity index (χ0n) is 19.2. The molecule has 0 bridgehead atoms. The highest BCUT2D eigenvalue weighted by Gasteiger charge is 2.55. The summed E-state index contributed by atoms with van der Waals surface area (Å²) in [6, 6.07) is 0. The first-order chi connectivity index (χ1) is 13.3. The van der Waals surface area contributed by atoms with Gasteiger partial charge >= 0.3 is 0 Å². The second kappa shape index (κ2) is 7.60. The van der Waals surface area contributed by atoms with Gasteiger partial charge in [-0.3, -0.25) is 0 Å². The second-order valence-electron chi connectivity index (χ2n) is 11.7. The molecule has 28 heavy (non-hydrogen) atoms. The van der Waals surface area contributed by atoms with Crippen LogP contribution in [0.25, 0.3) is 0 Å². The molecule has 158 valence electrons. The molecule has 1 nitrogen and oxygen atoms in total. The molecule has 0 aromatic rings. The maximum Gasteiger partial charge on any atom is 0.0543 e. The van der Waals surface area contributed by atoms with Crippen molar-refractivity contribution in [3.05, 3.63) is 22.8 Å². The average molecular weight is 385 g/mol. The van der Waals surface area contributed by atoms with Crippen molar-refractivity contribution >= 4 is 0 Å². The van der Waals surface area contributed by atoms with Gasteiger partial charge in [0.1, 0.15) is 0 Å². The minimum Gasteiger partial charge on any atom is -0.393 e. The molecule has 4 aliphatic rings. The molecule has 0 spiro atoms. The third-order valence-electron chi connectivity index (χ3n) is 9.90. The molecule has 4 aliphatic carbocycles. The zero-order chi connectivity index (χ0) is 20.1. The van der Waals surface area contributed by atoms with E-state index in [0.717, 1.165) is 36.5 Å². The van der Waals surface area contributed by atoms with Gasteiger partial charge in [0, 0.05) is 0 Å². The summed E-state index contributed by atoms with van der Waals surface area (Å²) >= 11 is 0. The smallest absolute Gasteiger partial charge is 0.0543 e. The standard InChI is InChI=1S/C27H44O/c1-18(2)7-6-8-19(3)23-11-12-24-22-10-9-20-17-21(28)13-15-26(20,4)25(22)14-16-27(23,24)5/h7,19-21,23-24,28H,6,8-17H2,1-5H3. The van der Waals surface area contributed by atoms with E-state index < -0.39 is 0 Å². The van der Waals surface area contributed by atoms with E-state index in [4.69, 9.17) is 0 Å². The third-order valence-corrected chi connectivity index (χ3v) is 9.90. The van der Waals surface area contributed by atoms with Gasteiger partial charge in [0.2, 0.25) is 0 Å². The molecule has 0 heterocycles. The summed E-state index contributed by atoms with van der Waals surface area (Å²) in [5.74, 6) is 3.36. The summed E-state index contributed by atoms with van der Waals surface area (Å²) in [5.41, 5.74) is 6.19. The van der Waals surface area contributed by atoms with Crippen LogP contribution in [0.4, 0.5) is 0 Å². The van der Waals surface area contributed by atoms with Crippen molar-refractivity contribution in [3.8, 4) is 0 Å². The van der Waals surface area contributed by atoms with Crippen LogP contribution in [-0.2, 0) is 0 Å². The fraction of sp³-hybridized carbons (Fsp3) is 0.852. The number of aliphatic hydroxyl groups is 1. The maximum atomic E-state index is 10.2. The van der Waals surface area contributed by atoms with Crippen molar-refractivity contribution in [2.45, 2.75) is 111 Å². The van der Waals surface area contributed by atoms with Crippen molar-refractivity contribution < 1.29 is 5.11 Å². The summed E-state index contributed by atoms with van der Waals surface area (Å²) < 4.78 is 0. The lowest BCUT2D eigenvalue weighted by Crippen LogP contribution is -2.45. The Balaban J connectivity index is 1.55. The quantitative estimate of drug-likeness (QED) is 0.499. The van der Waals surface area contributed by atoms with Gasteiger partial charge in [-0.1, -0.05) is 43.6 Å². The van der Waals surface area contributed by atoms with Crippen LogP contribution in [0.3, 0.4) is 0 Å². The highest BCUT2D eigenvalue weighted by Crippen LogP contribution is 2.65. The van der Waals surface area contributed by atoms with Gasteiger partial charge in [-0.05, 0) is 119 Å². The SMILES string of the molecule is CC(C)=CCCC(C)C1CCC2C3=C(CCC21C)C1(C)CCC(O)CC1CC3. The number of fused-ring (bicyclic) bond motifs is 4. The van der Waals surface area contributed by atoms with Crippen LogP contribution in [0.2, 0.25) is 0 Å². The third kappa shape index (κ3) is 3.34. The Kier molecular flexibility index (Phi) is 5.62. The Bertz CT molecular complexity index is 653. The number of hydrogen-bond acceptors (Lipinski definition) is 1. The lowest BCUT2D eigenvalue weighted by Gasteiger charge is -2.55. The van der Waals surface area contributed by atoms with Crippen LogP contribution in [0.1, 0.15) is 105 Å². The van der Waals surface area contributed by atoms with E-state index >= 15 is 0 Å². The molecule has 1 N–H and O–H groups in total. The van der Waals surface area contributed by atoms with Crippen LogP contribution < -0.4 is 0 Å². The molecule has 0 aromatic carbocycles. The molecule has 0 saturated heterocycles. The summed E-state index contributed by atoms with van der Waals surface area (Å²) in [6.07, 6.45) is 16.7. The molecule has 2 fully saturated rings. The maximum absolute atomic E-state index is 10.2. The van der Waals surface area contributed by atoms with Crippen LogP contribution >= 0.6 is 0 Å². The lowest BCUT2D eigenvalue weighted by atomic mass is 9.50. The van der Waals surface area contributed by atoms with Gasteiger partial charge in [-0.25, -0.2) is 0 Å². The van der Waals surface area contributed by atoms with Crippen molar-refractivity contribution in [2.24, 2.45) is 34.5 Å². The zero-order valence-corrected chi connectivity index (χ0v) is 19.2. The second-order valence-corrected chi connectivity index (χ2v) is 11.7. The van der Waals surface area contributed by atoms with Crippen molar-refractivity contribution in [1.29, 1.82) is 0 Å². The summed E-state index contributed by atoms with van der Waals surface area (Å²) in [6.45, 7) is 12.2. The van der Waals surface area contributed by atoms with Crippen molar-refractivity contribution in [3.63, 3.8) is 0 Å². The Hall–Kier alpha value is -0.560.